The van der Waals surface area contributed by atoms with Gasteiger partial charge in [-0.05, 0) is 0 Å². The molecular formula is C7H5N3. The second kappa shape index (κ2) is 15.8. The maximum atomic E-state index is 7.71. The summed E-state index contributed by atoms with van der Waals surface area (Å²) in [5.74, 6) is 0. The molecule has 0 heterocycles. The number of nitrogens with zero attached hydrogens (tertiary/aromatic N) is 3. The summed E-state index contributed by atoms with van der Waals surface area (Å²) >= 11 is 0. The molecule has 0 rings (SSSR count). The van der Waals surface area contributed by atoms with Gasteiger partial charge < -0.3 is 0 Å². The smallest absolute Gasteiger partial charge is 0.0919 e. The molecule has 0 unspecified atom stereocenters. The molecule has 0 bridgehead atoms. The SMILES string of the molecule is C=CC#N.N#CC=CC#N. The Morgan fingerprint density at radius 3 is 1.30 bits per heavy atom. The molecule has 0 aromatic rings. The van der Waals surface area contributed by atoms with E-state index in [2.05, 4.69) is 6.58 Å². The number of hydrogen-bond donors (Lipinski definition) is 0. The Bertz CT molecular complexity index is 203. The van der Waals surface area contributed by atoms with Crippen molar-refractivity contribution in [1.82, 2.24) is 0 Å². The van der Waals surface area contributed by atoms with E-state index in [1.54, 1.807) is 18.2 Å². The topological polar surface area (TPSA) is 71.4 Å². The maximum Gasteiger partial charge on any atom is 0.0919 e. The molecule has 0 saturated heterocycles. The van der Waals surface area contributed by atoms with Gasteiger partial charge in [-0.1, -0.05) is 6.58 Å². The molecule has 48 valence electrons. The largest absolute Gasteiger partial charge is 0.193 e. The lowest BCUT2D eigenvalue weighted by Gasteiger charge is -1.46. The van der Waals surface area contributed by atoms with Crippen LogP contribution in [0.25, 0.3) is 0 Å². The first-order valence-electron chi connectivity index (χ1n) is 2.28. The quantitative estimate of drug-likeness (QED) is 0.465. The van der Waals surface area contributed by atoms with Crippen molar-refractivity contribution in [3.63, 3.8) is 0 Å². The van der Waals surface area contributed by atoms with E-state index >= 15 is 0 Å². The first kappa shape index (κ1) is 10.8. The molecule has 0 fully saturated rings. The van der Waals surface area contributed by atoms with Gasteiger partial charge >= 0.3 is 0 Å². The molecule has 0 atom stereocenters. The fraction of sp³-hybridized carbons (Fsp3) is 0. The summed E-state index contributed by atoms with van der Waals surface area (Å²) in [5, 5.41) is 22.9. The summed E-state index contributed by atoms with van der Waals surface area (Å²) in [4.78, 5) is 0. The van der Waals surface area contributed by atoms with Crippen LogP contribution in [-0.2, 0) is 0 Å². The molecule has 0 amide bonds. The molecule has 0 aliphatic carbocycles. The van der Waals surface area contributed by atoms with E-state index in [1.807, 2.05) is 0 Å². The number of allylic oxidation sites excluding steroid dienone is 3. The Hall–Kier alpha value is -2.05. The summed E-state index contributed by atoms with van der Waals surface area (Å²) in [6.45, 7) is 3.12. The zero-order valence-corrected chi connectivity index (χ0v) is 5.28. The van der Waals surface area contributed by atoms with Gasteiger partial charge in [-0.2, -0.15) is 15.8 Å². The van der Waals surface area contributed by atoms with Gasteiger partial charge in [0.05, 0.1) is 18.2 Å². The highest BCUT2D eigenvalue weighted by Crippen LogP contribution is 1.59. The van der Waals surface area contributed by atoms with E-state index in [9.17, 15) is 0 Å². The third-order valence-corrected chi connectivity index (χ3v) is 0.324. The molecule has 0 aromatic carbocycles. The molecule has 0 N–H and O–H groups in total. The average Bonchev–Trinajstić information content (AvgIpc) is 2.01. The van der Waals surface area contributed by atoms with Gasteiger partial charge in [0.1, 0.15) is 0 Å². The number of hydrogen-bond acceptors (Lipinski definition) is 3. The van der Waals surface area contributed by atoms with Crippen molar-refractivity contribution < 1.29 is 0 Å². The van der Waals surface area contributed by atoms with Crippen molar-refractivity contribution >= 4 is 0 Å². The van der Waals surface area contributed by atoms with Crippen molar-refractivity contribution in [3.8, 4) is 18.2 Å². The van der Waals surface area contributed by atoms with Gasteiger partial charge in [0.25, 0.3) is 0 Å². The van der Waals surface area contributed by atoms with Gasteiger partial charge in [0.15, 0.2) is 0 Å². The van der Waals surface area contributed by atoms with E-state index in [0.717, 1.165) is 12.2 Å². The predicted octanol–water partition coefficient (Wildman–Crippen LogP) is 1.29. The highest BCUT2D eigenvalue weighted by Gasteiger charge is 1.54. The first-order valence-corrected chi connectivity index (χ1v) is 2.28. The Morgan fingerprint density at radius 2 is 1.20 bits per heavy atom. The second-order valence-electron chi connectivity index (χ2n) is 0.925. The van der Waals surface area contributed by atoms with Crippen molar-refractivity contribution in [1.29, 1.82) is 15.8 Å². The van der Waals surface area contributed by atoms with Gasteiger partial charge in [0, 0.05) is 18.2 Å². The monoisotopic (exact) mass is 131 g/mol. The maximum absolute atomic E-state index is 7.71. The molecular weight excluding hydrogens is 126 g/mol. The standard InChI is InChI=1S/C4H2N2.C3H3N/c5-3-1-2-4-6;1-2-3-4/h1-2H;2H,1H2. The van der Waals surface area contributed by atoms with E-state index in [1.165, 1.54) is 6.08 Å². The van der Waals surface area contributed by atoms with Crippen LogP contribution < -0.4 is 0 Å². The summed E-state index contributed by atoms with van der Waals surface area (Å²) in [7, 11) is 0. The minimum Gasteiger partial charge on any atom is -0.193 e. The highest BCUT2D eigenvalue weighted by atomic mass is 14.2. The van der Waals surface area contributed by atoms with Crippen LogP contribution in [0.1, 0.15) is 0 Å². The summed E-state index contributed by atoms with van der Waals surface area (Å²) < 4.78 is 0. The summed E-state index contributed by atoms with van der Waals surface area (Å²) in [5.41, 5.74) is 0. The fourth-order valence-corrected chi connectivity index (χ4v) is 0.0745. The fourth-order valence-electron chi connectivity index (χ4n) is 0.0745. The van der Waals surface area contributed by atoms with Gasteiger partial charge in [0.2, 0.25) is 0 Å². The highest BCUT2D eigenvalue weighted by molar-refractivity contribution is 5.11. The number of nitriles is 3. The molecule has 0 aliphatic rings. The van der Waals surface area contributed by atoms with Crippen molar-refractivity contribution in [2.45, 2.75) is 0 Å². The molecule has 0 saturated carbocycles. The van der Waals surface area contributed by atoms with E-state index in [0.29, 0.717) is 0 Å². The van der Waals surface area contributed by atoms with Crippen LogP contribution >= 0.6 is 0 Å². The molecule has 10 heavy (non-hydrogen) atoms. The minimum atomic E-state index is 1.12. The van der Waals surface area contributed by atoms with Gasteiger partial charge in [-0.15, -0.1) is 0 Å². The molecule has 3 heteroatoms. The lowest BCUT2D eigenvalue weighted by Crippen LogP contribution is -1.40. The van der Waals surface area contributed by atoms with E-state index in [-0.39, 0.29) is 0 Å². The van der Waals surface area contributed by atoms with Crippen LogP contribution in [0.5, 0.6) is 0 Å². The predicted molar refractivity (Wildman–Crippen MR) is 36.2 cm³/mol. The Kier molecular flexibility index (Phi) is 17.1. The number of rotatable bonds is 0. The molecule has 0 radical (unpaired) electrons. The lowest BCUT2D eigenvalue weighted by atomic mass is 10.6. The van der Waals surface area contributed by atoms with Crippen LogP contribution in [0.3, 0.4) is 0 Å². The third-order valence-electron chi connectivity index (χ3n) is 0.324. The van der Waals surface area contributed by atoms with Crippen LogP contribution in [0.4, 0.5) is 0 Å². The van der Waals surface area contributed by atoms with Crippen LogP contribution in [-0.4, -0.2) is 0 Å². The minimum absolute atomic E-state index is 1.12. The van der Waals surface area contributed by atoms with Crippen molar-refractivity contribution in [3.05, 3.63) is 24.8 Å². The van der Waals surface area contributed by atoms with Crippen LogP contribution in [0, 0.1) is 34.0 Å². The van der Waals surface area contributed by atoms with Crippen molar-refractivity contribution in [2.24, 2.45) is 0 Å². The summed E-state index contributed by atoms with van der Waals surface area (Å²) in [6, 6.07) is 5.03. The third kappa shape index (κ3) is 38.3. The first-order chi connectivity index (χ1) is 4.83. The lowest BCUT2D eigenvalue weighted by molar-refractivity contribution is 1.52. The second-order valence-corrected chi connectivity index (χ2v) is 0.925. The summed E-state index contributed by atoms with van der Waals surface area (Å²) in [6.07, 6.45) is 3.43. The van der Waals surface area contributed by atoms with Crippen LogP contribution in [0.15, 0.2) is 24.8 Å². The molecule has 0 aromatic heterocycles. The molecule has 3 nitrogen and oxygen atoms in total. The normalized spacial score (nSPS) is 5.70. The molecule has 0 spiro atoms. The van der Waals surface area contributed by atoms with E-state index in [4.69, 9.17) is 15.8 Å². The van der Waals surface area contributed by atoms with Gasteiger partial charge in [-0.3, -0.25) is 0 Å². The van der Waals surface area contributed by atoms with Crippen LogP contribution in [0.2, 0.25) is 0 Å². The Labute approximate surface area is 59.7 Å². The zero-order valence-electron chi connectivity index (χ0n) is 5.28. The average molecular weight is 131 g/mol. The van der Waals surface area contributed by atoms with Gasteiger partial charge in [-0.25, -0.2) is 0 Å². The molecule has 0 aliphatic heterocycles. The van der Waals surface area contributed by atoms with Crippen molar-refractivity contribution in [2.75, 3.05) is 0 Å². The zero-order chi connectivity index (χ0) is 8.24. The Balaban J connectivity index is 0. The van der Waals surface area contributed by atoms with E-state index < -0.39 is 0 Å². The Morgan fingerprint density at radius 1 is 0.900 bits per heavy atom.